The quantitative estimate of drug-likeness (QED) is 0.395. The van der Waals surface area contributed by atoms with Crippen molar-refractivity contribution in [3.8, 4) is 5.75 Å². The van der Waals surface area contributed by atoms with Gasteiger partial charge in [0.1, 0.15) is 0 Å². The third kappa shape index (κ3) is 3.56. The molecule has 0 aromatic carbocycles. The summed E-state index contributed by atoms with van der Waals surface area (Å²) in [5.41, 5.74) is 0.994. The molecule has 4 N–H and O–H groups in total. The van der Waals surface area contributed by atoms with Gasteiger partial charge in [-0.25, -0.2) is 0 Å². The Morgan fingerprint density at radius 2 is 1.72 bits per heavy atom. The Labute approximate surface area is 117 Å². The second-order valence-corrected chi connectivity index (χ2v) is 6.94. The summed E-state index contributed by atoms with van der Waals surface area (Å²) in [5, 5.41) is 37.8. The summed E-state index contributed by atoms with van der Waals surface area (Å²) in [6.45, 7) is 1.11. The standard InChI is InChI=1S/C12H19NO4Te/c1-2-3-4-18-12-11(17)9(6-15)8(5-14)10(7-16)13-12/h14-17H,2-7H2,1H3. The summed E-state index contributed by atoms with van der Waals surface area (Å²) in [6, 6.07) is 0. The molecule has 0 bridgehead atoms. The maximum absolute atomic E-state index is 10.0. The van der Waals surface area contributed by atoms with Crippen molar-refractivity contribution in [2.75, 3.05) is 0 Å². The predicted molar refractivity (Wildman–Crippen MR) is 68.8 cm³/mol. The number of aromatic hydroxyl groups is 1. The van der Waals surface area contributed by atoms with Crippen LogP contribution < -0.4 is 3.74 Å². The zero-order valence-electron chi connectivity index (χ0n) is 10.4. The molecule has 0 atom stereocenters. The van der Waals surface area contributed by atoms with Gasteiger partial charge in [-0.05, 0) is 0 Å². The molecule has 0 amide bonds. The normalized spacial score (nSPS) is 10.9. The van der Waals surface area contributed by atoms with Crippen LogP contribution in [0.3, 0.4) is 0 Å². The summed E-state index contributed by atoms with van der Waals surface area (Å²) in [7, 11) is 0. The number of aliphatic hydroxyl groups is 3. The summed E-state index contributed by atoms with van der Waals surface area (Å²) < 4.78 is 1.63. The van der Waals surface area contributed by atoms with Crippen molar-refractivity contribution in [2.24, 2.45) is 0 Å². The molecule has 1 aromatic heterocycles. The molecule has 5 nitrogen and oxygen atoms in total. The summed E-state index contributed by atoms with van der Waals surface area (Å²) in [6.07, 6.45) is 2.19. The minimum absolute atomic E-state index is 0.00254. The van der Waals surface area contributed by atoms with E-state index >= 15 is 0 Å². The van der Waals surface area contributed by atoms with Gasteiger partial charge >= 0.3 is 117 Å². The molecule has 18 heavy (non-hydrogen) atoms. The third-order valence-electron chi connectivity index (χ3n) is 2.64. The van der Waals surface area contributed by atoms with Crippen molar-refractivity contribution >= 4 is 24.7 Å². The van der Waals surface area contributed by atoms with Crippen molar-refractivity contribution in [1.29, 1.82) is 0 Å². The van der Waals surface area contributed by atoms with Crippen LogP contribution in [0.25, 0.3) is 0 Å². The number of rotatable bonds is 7. The fourth-order valence-electron chi connectivity index (χ4n) is 1.59. The van der Waals surface area contributed by atoms with Gasteiger partial charge in [-0.1, -0.05) is 0 Å². The van der Waals surface area contributed by atoms with Gasteiger partial charge in [-0.2, -0.15) is 0 Å². The Balaban J connectivity index is 3.11. The predicted octanol–water partition coefficient (Wildman–Crippen LogP) is -0.188. The van der Waals surface area contributed by atoms with Crippen LogP contribution in [-0.4, -0.2) is 46.3 Å². The van der Waals surface area contributed by atoms with E-state index in [9.17, 15) is 20.4 Å². The molecule has 6 heteroatoms. The Morgan fingerprint density at radius 1 is 1.06 bits per heavy atom. The monoisotopic (exact) mass is 371 g/mol. The molecule has 0 aliphatic carbocycles. The molecule has 0 fully saturated rings. The van der Waals surface area contributed by atoms with Gasteiger partial charge in [0.05, 0.1) is 0 Å². The Hall–Kier alpha value is -0.380. The average molecular weight is 369 g/mol. The van der Waals surface area contributed by atoms with Gasteiger partial charge < -0.3 is 0 Å². The molecule has 0 radical (unpaired) electrons. The first-order valence-corrected chi connectivity index (χ1v) is 8.69. The van der Waals surface area contributed by atoms with Crippen molar-refractivity contribution in [2.45, 2.75) is 44.1 Å². The van der Waals surface area contributed by atoms with Gasteiger partial charge in [-0.3, -0.25) is 0 Å². The summed E-state index contributed by atoms with van der Waals surface area (Å²) in [5.74, 6) is -0.00254. The van der Waals surface area contributed by atoms with Crippen molar-refractivity contribution in [3.63, 3.8) is 0 Å². The van der Waals surface area contributed by atoms with Gasteiger partial charge in [0.15, 0.2) is 0 Å². The molecule has 0 aliphatic heterocycles. The van der Waals surface area contributed by atoms with E-state index in [1.54, 1.807) is 0 Å². The minimum atomic E-state index is -0.618. The van der Waals surface area contributed by atoms with E-state index in [1.807, 2.05) is 0 Å². The fraction of sp³-hybridized carbons (Fsp3) is 0.583. The van der Waals surface area contributed by atoms with E-state index in [0.29, 0.717) is 20.6 Å². The molecule has 0 saturated carbocycles. The molecular formula is C12H19NO4Te. The van der Waals surface area contributed by atoms with E-state index < -0.39 is 20.9 Å². The second kappa shape index (κ2) is 7.92. The third-order valence-corrected chi connectivity index (χ3v) is 5.64. The molecule has 102 valence electrons. The topological polar surface area (TPSA) is 93.8 Å². The van der Waals surface area contributed by atoms with Gasteiger partial charge in [0.2, 0.25) is 0 Å². The Bertz CT molecular complexity index is 398. The molecule has 0 aliphatic rings. The maximum atomic E-state index is 10.0. The van der Waals surface area contributed by atoms with Crippen LogP contribution in [0.15, 0.2) is 0 Å². The Kier molecular flexibility index (Phi) is 6.90. The number of aliphatic hydroxyl groups excluding tert-OH is 3. The van der Waals surface area contributed by atoms with E-state index in [1.165, 1.54) is 0 Å². The number of nitrogens with zero attached hydrogens (tertiary/aromatic N) is 1. The molecule has 0 spiro atoms. The van der Waals surface area contributed by atoms with Crippen LogP contribution in [0, 0.1) is 0 Å². The van der Waals surface area contributed by atoms with Crippen LogP contribution in [0.5, 0.6) is 5.75 Å². The van der Waals surface area contributed by atoms with Crippen LogP contribution in [0.2, 0.25) is 4.47 Å². The molecule has 1 rings (SSSR count). The molecule has 1 aromatic rings. The van der Waals surface area contributed by atoms with Crippen LogP contribution in [-0.2, 0) is 19.8 Å². The molecule has 0 saturated heterocycles. The first-order chi connectivity index (χ1) is 8.69. The van der Waals surface area contributed by atoms with Crippen LogP contribution in [0.4, 0.5) is 0 Å². The van der Waals surface area contributed by atoms with E-state index in [4.69, 9.17) is 0 Å². The van der Waals surface area contributed by atoms with E-state index in [-0.39, 0.29) is 25.6 Å². The molecular weight excluding hydrogens is 350 g/mol. The number of hydrogen-bond acceptors (Lipinski definition) is 5. The van der Waals surface area contributed by atoms with E-state index in [2.05, 4.69) is 11.9 Å². The fourth-order valence-corrected chi connectivity index (χ4v) is 4.62. The first kappa shape index (κ1) is 15.7. The number of unbranched alkanes of at least 4 members (excludes halogenated alkanes) is 1. The average Bonchev–Trinajstić information content (AvgIpc) is 2.39. The summed E-state index contributed by atoms with van der Waals surface area (Å²) in [4.78, 5) is 4.23. The number of hydrogen-bond donors (Lipinski definition) is 4. The van der Waals surface area contributed by atoms with E-state index in [0.717, 1.165) is 17.3 Å². The van der Waals surface area contributed by atoms with Crippen molar-refractivity contribution in [3.05, 3.63) is 16.8 Å². The van der Waals surface area contributed by atoms with Crippen molar-refractivity contribution < 1.29 is 20.4 Å². The Morgan fingerprint density at radius 3 is 2.22 bits per heavy atom. The number of pyridine rings is 1. The SMILES string of the molecule is CCCC[Te]c1nc(CO)c(CO)c(CO)c1O. The summed E-state index contributed by atoms with van der Waals surface area (Å²) >= 11 is -0.618. The van der Waals surface area contributed by atoms with Crippen LogP contribution in [0.1, 0.15) is 36.6 Å². The van der Waals surface area contributed by atoms with Gasteiger partial charge in [0.25, 0.3) is 0 Å². The molecule has 0 unspecified atom stereocenters. The number of aromatic nitrogens is 1. The second-order valence-electron chi connectivity index (χ2n) is 3.85. The molecule has 1 heterocycles. The zero-order valence-corrected chi connectivity index (χ0v) is 12.7. The zero-order chi connectivity index (χ0) is 13.5. The van der Waals surface area contributed by atoms with Crippen LogP contribution >= 0.6 is 0 Å². The first-order valence-electron chi connectivity index (χ1n) is 5.88. The van der Waals surface area contributed by atoms with Gasteiger partial charge in [-0.15, -0.1) is 0 Å². The van der Waals surface area contributed by atoms with Gasteiger partial charge in [0, 0.05) is 0 Å². The van der Waals surface area contributed by atoms with Crippen molar-refractivity contribution in [1.82, 2.24) is 4.98 Å².